The number of fused-ring (bicyclic) bond motifs is 1. The van der Waals surface area contributed by atoms with Gasteiger partial charge in [0.2, 0.25) is 5.91 Å². The second-order valence-corrected chi connectivity index (χ2v) is 6.25. The van der Waals surface area contributed by atoms with E-state index in [1.54, 1.807) is 30.1 Å². The molecule has 1 amide bonds. The van der Waals surface area contributed by atoms with E-state index in [1.807, 2.05) is 11.4 Å². The number of amides is 1. The van der Waals surface area contributed by atoms with Crippen molar-refractivity contribution in [3.63, 3.8) is 0 Å². The van der Waals surface area contributed by atoms with Gasteiger partial charge in [-0.2, -0.15) is 0 Å². The lowest BCUT2D eigenvalue weighted by Gasteiger charge is -2.29. The summed E-state index contributed by atoms with van der Waals surface area (Å²) in [5.41, 5.74) is -0.0315. The van der Waals surface area contributed by atoms with Crippen molar-refractivity contribution in [2.45, 2.75) is 33.1 Å². The molecular weight excluding hydrogens is 250 g/mol. The highest BCUT2D eigenvalue weighted by Crippen LogP contribution is 2.33. The third kappa shape index (κ3) is 2.41. The zero-order valence-electron chi connectivity index (χ0n) is 10.6. The second-order valence-electron chi connectivity index (χ2n) is 5.25. The molecule has 0 saturated heterocycles. The zero-order valence-corrected chi connectivity index (χ0v) is 11.4. The Balaban J connectivity index is 2.31. The first kappa shape index (κ1) is 13.1. The van der Waals surface area contributed by atoms with E-state index >= 15 is 0 Å². The van der Waals surface area contributed by atoms with Crippen molar-refractivity contribution in [1.29, 1.82) is 0 Å². The third-order valence-electron chi connectivity index (χ3n) is 3.24. The number of nitrogens with zero attached hydrogens (tertiary/aromatic N) is 1. The van der Waals surface area contributed by atoms with Crippen LogP contribution in [0.4, 0.5) is 5.69 Å². The summed E-state index contributed by atoms with van der Waals surface area (Å²) in [6.07, 6.45) is 2.25. The molecule has 0 fully saturated rings. The van der Waals surface area contributed by atoms with Crippen LogP contribution in [0.3, 0.4) is 0 Å². The smallest absolute Gasteiger partial charge is 0.310 e. The predicted molar refractivity (Wildman–Crippen MR) is 71.0 cm³/mol. The van der Waals surface area contributed by atoms with E-state index < -0.39 is 11.4 Å². The minimum absolute atomic E-state index is 0.0291. The minimum atomic E-state index is -0.931. The molecule has 0 atom stereocenters. The van der Waals surface area contributed by atoms with E-state index in [1.165, 1.54) is 4.88 Å². The number of carbonyl (C=O) groups is 2. The number of anilines is 1. The van der Waals surface area contributed by atoms with Crippen molar-refractivity contribution in [3.8, 4) is 0 Å². The number of hydrogen-bond donors (Lipinski definition) is 1. The van der Waals surface area contributed by atoms with Gasteiger partial charge in [-0.3, -0.25) is 9.59 Å². The van der Waals surface area contributed by atoms with Crippen LogP contribution >= 0.6 is 11.3 Å². The van der Waals surface area contributed by atoms with Crippen molar-refractivity contribution in [2.24, 2.45) is 5.41 Å². The third-order valence-corrected chi connectivity index (χ3v) is 4.21. The maximum atomic E-state index is 12.1. The van der Waals surface area contributed by atoms with Gasteiger partial charge in [0.05, 0.1) is 11.1 Å². The largest absolute Gasteiger partial charge is 0.481 e. The summed E-state index contributed by atoms with van der Waals surface area (Å²) < 4.78 is 0. The fraction of sp³-hybridized carbons (Fsp3) is 0.538. The average Bonchev–Trinajstić information content (AvgIpc) is 2.68. The fourth-order valence-electron chi connectivity index (χ4n) is 2.07. The van der Waals surface area contributed by atoms with E-state index in [0.29, 0.717) is 6.42 Å². The molecule has 1 N–H and O–H groups in total. The Hall–Kier alpha value is -1.36. The molecule has 18 heavy (non-hydrogen) atoms. The Bertz CT molecular complexity index is 478. The lowest BCUT2D eigenvalue weighted by Crippen LogP contribution is -2.42. The van der Waals surface area contributed by atoms with Crippen LogP contribution in [0, 0.1) is 5.41 Å². The maximum Gasteiger partial charge on any atom is 0.310 e. The number of thiophene rings is 1. The Labute approximate surface area is 110 Å². The quantitative estimate of drug-likeness (QED) is 0.915. The molecule has 0 saturated carbocycles. The molecule has 1 aliphatic rings. The first-order valence-electron chi connectivity index (χ1n) is 6.02. The molecule has 1 aromatic rings. The lowest BCUT2D eigenvalue weighted by molar-refractivity contribution is -0.146. The normalized spacial score (nSPS) is 16.3. The standard InChI is InChI=1S/C13H17NO3S/c1-13(2,12(16)17)8-14-9-6-7-18-10(9)4-3-5-11(14)15/h6-7H,3-5,8H2,1-2H3,(H,16,17). The summed E-state index contributed by atoms with van der Waals surface area (Å²) in [6.45, 7) is 3.53. The van der Waals surface area contributed by atoms with E-state index in [9.17, 15) is 14.7 Å². The van der Waals surface area contributed by atoms with Gasteiger partial charge in [0.15, 0.2) is 0 Å². The molecule has 2 rings (SSSR count). The van der Waals surface area contributed by atoms with Crippen LogP contribution in [0.25, 0.3) is 0 Å². The summed E-state index contributed by atoms with van der Waals surface area (Å²) in [7, 11) is 0. The number of hydrogen-bond acceptors (Lipinski definition) is 3. The Morgan fingerprint density at radius 1 is 1.50 bits per heavy atom. The van der Waals surface area contributed by atoms with Gasteiger partial charge in [0.1, 0.15) is 0 Å². The molecular formula is C13H17NO3S. The molecule has 98 valence electrons. The van der Waals surface area contributed by atoms with Crippen LogP contribution < -0.4 is 4.90 Å². The van der Waals surface area contributed by atoms with E-state index in [0.717, 1.165) is 18.5 Å². The van der Waals surface area contributed by atoms with Crippen molar-refractivity contribution in [1.82, 2.24) is 0 Å². The zero-order chi connectivity index (χ0) is 13.3. The minimum Gasteiger partial charge on any atom is -0.481 e. The highest BCUT2D eigenvalue weighted by atomic mass is 32.1. The van der Waals surface area contributed by atoms with Gasteiger partial charge < -0.3 is 10.0 Å². The van der Waals surface area contributed by atoms with Gasteiger partial charge in [-0.1, -0.05) is 0 Å². The van der Waals surface area contributed by atoms with Gasteiger partial charge in [-0.05, 0) is 38.1 Å². The number of aryl methyl sites for hydroxylation is 1. The number of rotatable bonds is 3. The number of carboxylic acids is 1. The van der Waals surface area contributed by atoms with Crippen LogP contribution in [-0.4, -0.2) is 23.5 Å². The molecule has 2 heterocycles. The summed E-state index contributed by atoms with van der Waals surface area (Å²) >= 11 is 1.64. The molecule has 0 aromatic carbocycles. The number of aliphatic carboxylic acids is 1. The highest BCUT2D eigenvalue weighted by Gasteiger charge is 2.34. The monoisotopic (exact) mass is 267 g/mol. The van der Waals surface area contributed by atoms with E-state index in [2.05, 4.69) is 0 Å². The fourth-order valence-corrected chi connectivity index (χ4v) is 2.99. The Morgan fingerprint density at radius 2 is 2.22 bits per heavy atom. The van der Waals surface area contributed by atoms with E-state index in [-0.39, 0.29) is 12.5 Å². The molecule has 1 aliphatic heterocycles. The highest BCUT2D eigenvalue weighted by molar-refractivity contribution is 7.10. The molecule has 5 heteroatoms. The summed E-state index contributed by atoms with van der Waals surface area (Å²) in [5, 5.41) is 11.2. The topological polar surface area (TPSA) is 57.6 Å². The van der Waals surface area contributed by atoms with Crippen LogP contribution in [0.2, 0.25) is 0 Å². The number of carboxylic acid groups (broad SMARTS) is 1. The first-order valence-corrected chi connectivity index (χ1v) is 6.90. The van der Waals surface area contributed by atoms with Crippen LogP contribution in [0.5, 0.6) is 0 Å². The summed E-state index contributed by atoms with van der Waals surface area (Å²) in [6, 6.07) is 1.92. The molecule has 1 aromatic heterocycles. The maximum absolute atomic E-state index is 12.1. The van der Waals surface area contributed by atoms with E-state index in [4.69, 9.17) is 0 Å². The number of carbonyl (C=O) groups excluding carboxylic acids is 1. The summed E-state index contributed by atoms with van der Waals surface area (Å²) in [4.78, 5) is 26.1. The lowest BCUT2D eigenvalue weighted by atomic mass is 9.93. The molecule has 0 bridgehead atoms. The van der Waals surface area contributed by atoms with Gasteiger partial charge in [-0.15, -0.1) is 11.3 Å². The van der Waals surface area contributed by atoms with Crippen molar-refractivity contribution in [3.05, 3.63) is 16.3 Å². The first-order chi connectivity index (χ1) is 8.42. The Morgan fingerprint density at radius 3 is 2.89 bits per heavy atom. The molecule has 4 nitrogen and oxygen atoms in total. The molecule has 0 unspecified atom stereocenters. The van der Waals surface area contributed by atoms with Crippen molar-refractivity contribution < 1.29 is 14.7 Å². The SMILES string of the molecule is CC(C)(CN1C(=O)CCCc2sccc21)C(=O)O. The molecule has 0 radical (unpaired) electrons. The molecule has 0 aliphatic carbocycles. The second kappa shape index (κ2) is 4.72. The average molecular weight is 267 g/mol. The van der Waals surface area contributed by atoms with Crippen LogP contribution in [-0.2, 0) is 16.0 Å². The predicted octanol–water partition coefficient (Wildman–Crippen LogP) is 2.53. The van der Waals surface area contributed by atoms with Gasteiger partial charge >= 0.3 is 5.97 Å². The van der Waals surface area contributed by atoms with Crippen molar-refractivity contribution >= 4 is 28.9 Å². The molecule has 0 spiro atoms. The van der Waals surface area contributed by atoms with Gasteiger partial charge in [-0.25, -0.2) is 0 Å². The van der Waals surface area contributed by atoms with Crippen LogP contribution in [0.1, 0.15) is 31.6 Å². The van der Waals surface area contributed by atoms with Gasteiger partial charge in [0, 0.05) is 17.8 Å². The van der Waals surface area contributed by atoms with Gasteiger partial charge in [0.25, 0.3) is 0 Å². The summed E-state index contributed by atoms with van der Waals surface area (Å²) in [5.74, 6) is -0.849. The van der Waals surface area contributed by atoms with Crippen molar-refractivity contribution in [2.75, 3.05) is 11.4 Å². The van der Waals surface area contributed by atoms with Crippen LogP contribution in [0.15, 0.2) is 11.4 Å². The Kier molecular flexibility index (Phi) is 3.43.